The van der Waals surface area contributed by atoms with E-state index in [1.807, 2.05) is 0 Å². The Balaban J connectivity index is 0.940. The highest BCUT2D eigenvalue weighted by atomic mass is 16.7. The summed E-state index contributed by atoms with van der Waals surface area (Å²) in [6.45, 7) is 16.7. The van der Waals surface area contributed by atoms with Gasteiger partial charge in [-0.3, -0.25) is 0 Å². The Morgan fingerprint density at radius 3 is 1.13 bits per heavy atom. The molecule has 2 aliphatic heterocycles. The van der Waals surface area contributed by atoms with E-state index in [2.05, 4.69) is 270 Å². The second-order valence-corrected chi connectivity index (χ2v) is 20.3. The highest BCUT2D eigenvalue weighted by Gasteiger charge is 2.52. The van der Waals surface area contributed by atoms with E-state index in [9.17, 15) is 0 Å². The molecule has 9 aromatic rings. The molecule has 0 spiro atoms. The zero-order valence-corrected chi connectivity index (χ0v) is 40.7. The first-order valence-electron chi connectivity index (χ1n) is 24.0. The monoisotopic (exact) mass is 905 g/mol. The molecule has 69 heavy (non-hydrogen) atoms. The first-order valence-corrected chi connectivity index (χ1v) is 24.0. The molecule has 342 valence electrons. The maximum absolute atomic E-state index is 6.42. The van der Waals surface area contributed by atoms with Gasteiger partial charge in [0.2, 0.25) is 0 Å². The fraction of sp³-hybridized carbons (Fsp3) is 0.200. The minimum absolute atomic E-state index is 0.427. The topological polar surface area (TPSA) is 48.3 Å². The Hall–Kier alpha value is -6.87. The first kappa shape index (κ1) is 44.6. The van der Waals surface area contributed by atoms with Gasteiger partial charge < -0.3 is 33.0 Å². The second kappa shape index (κ2) is 17.0. The van der Waals surface area contributed by atoms with Gasteiger partial charge >= 0.3 is 14.2 Å². The molecule has 0 saturated carbocycles. The highest BCUT2D eigenvalue weighted by Crippen LogP contribution is 2.42. The number of fused-ring (bicyclic) bond motifs is 3. The van der Waals surface area contributed by atoms with Crippen molar-refractivity contribution in [2.24, 2.45) is 0 Å². The molecule has 11 rings (SSSR count). The van der Waals surface area contributed by atoms with Gasteiger partial charge in [-0.15, -0.1) is 0 Å². The van der Waals surface area contributed by atoms with E-state index in [1.54, 1.807) is 0 Å². The third-order valence-corrected chi connectivity index (χ3v) is 14.9. The number of hydrogen-bond acceptors (Lipinski definition) is 6. The summed E-state index contributed by atoms with van der Waals surface area (Å²) in [4.78, 5) is 4.58. The molecule has 2 fully saturated rings. The van der Waals surface area contributed by atoms with Crippen LogP contribution in [0.4, 0.5) is 34.1 Å². The number of benzene rings is 8. The van der Waals surface area contributed by atoms with E-state index in [1.165, 1.54) is 16.3 Å². The Labute approximate surface area is 407 Å². The van der Waals surface area contributed by atoms with Crippen molar-refractivity contribution in [2.45, 2.75) is 77.8 Å². The summed E-state index contributed by atoms with van der Waals surface area (Å²) >= 11 is 0. The van der Waals surface area contributed by atoms with Crippen LogP contribution in [0.5, 0.6) is 0 Å². The molecule has 0 bridgehead atoms. The van der Waals surface area contributed by atoms with Gasteiger partial charge in [0.25, 0.3) is 0 Å². The van der Waals surface area contributed by atoms with Crippen LogP contribution in [0.25, 0.3) is 38.6 Å². The molecule has 3 heterocycles. The predicted octanol–water partition coefficient (Wildman–Crippen LogP) is 14.0. The van der Waals surface area contributed by atoms with Crippen molar-refractivity contribution in [1.29, 1.82) is 0 Å². The van der Waals surface area contributed by atoms with Crippen molar-refractivity contribution in [2.75, 3.05) is 9.80 Å². The molecule has 9 heteroatoms. The number of rotatable bonds is 10. The summed E-state index contributed by atoms with van der Waals surface area (Å²) in [6, 6.07) is 71.5. The zero-order valence-electron chi connectivity index (χ0n) is 40.7. The maximum Gasteiger partial charge on any atom is 0.494 e. The molecule has 2 aliphatic rings. The number of aromatic nitrogens is 1. The number of anilines is 6. The molecular weight excluding hydrogens is 848 g/mol. The van der Waals surface area contributed by atoms with Crippen molar-refractivity contribution < 1.29 is 18.6 Å². The molecule has 8 aromatic carbocycles. The predicted molar refractivity (Wildman–Crippen MR) is 287 cm³/mol. The fourth-order valence-electron chi connectivity index (χ4n) is 9.55. The van der Waals surface area contributed by atoms with E-state index in [0.29, 0.717) is 0 Å². The van der Waals surface area contributed by atoms with Gasteiger partial charge in [-0.1, -0.05) is 103 Å². The Morgan fingerprint density at radius 2 is 0.681 bits per heavy atom. The summed E-state index contributed by atoms with van der Waals surface area (Å²) in [6.07, 6.45) is 0. The van der Waals surface area contributed by atoms with Crippen LogP contribution in [0.2, 0.25) is 0 Å². The van der Waals surface area contributed by atoms with Crippen LogP contribution in [0.3, 0.4) is 0 Å². The quantitative estimate of drug-likeness (QED) is 0.127. The lowest BCUT2D eigenvalue weighted by atomic mass is 9.79. The van der Waals surface area contributed by atoms with Gasteiger partial charge in [-0.25, -0.2) is 0 Å². The standard InChI is InChI=1S/C60H57B2N3O4/c1-57(2)58(3,4)67-61(66-57)44-26-32-49(33-27-44)64(50-34-28-45(29-35-50)62-68-59(5,6)60(7,8)69-62)48-30-23-42(24-31-48)43-25-40-54-53-21-15-16-22-55(53)65(56(54)41-43)52-38-36-51(37-39-52)63(46-17-11-9-12-18-46)47-19-13-10-14-20-47/h9-41H,1-8H3. The molecule has 0 amide bonds. The van der Waals surface area contributed by atoms with Crippen molar-refractivity contribution in [3.05, 3.63) is 200 Å². The maximum atomic E-state index is 6.42. The largest absolute Gasteiger partial charge is 0.494 e. The van der Waals surface area contributed by atoms with E-state index < -0.39 is 36.6 Å². The van der Waals surface area contributed by atoms with E-state index in [-0.39, 0.29) is 0 Å². The van der Waals surface area contributed by atoms with Crippen LogP contribution in [-0.4, -0.2) is 41.2 Å². The van der Waals surface area contributed by atoms with E-state index in [4.69, 9.17) is 18.6 Å². The summed E-state index contributed by atoms with van der Waals surface area (Å²) < 4.78 is 28.1. The molecule has 0 aliphatic carbocycles. The van der Waals surface area contributed by atoms with Gasteiger partial charge in [0, 0.05) is 50.6 Å². The Bertz CT molecular complexity index is 3130. The van der Waals surface area contributed by atoms with Crippen LogP contribution < -0.4 is 20.7 Å². The minimum atomic E-state index is -0.448. The third kappa shape index (κ3) is 8.03. The molecule has 0 unspecified atom stereocenters. The van der Waals surface area contributed by atoms with Crippen LogP contribution in [-0.2, 0) is 18.6 Å². The Morgan fingerprint density at radius 1 is 0.333 bits per heavy atom. The SMILES string of the molecule is CC1(C)OB(c2ccc(N(c3ccc(B4OC(C)(C)C(C)(C)O4)cc3)c3ccc(-c4ccc5c6ccccc6n(-c6ccc(N(c7ccccc7)c7ccccc7)cc6)c5c4)cc3)cc2)OC1(C)C. The highest BCUT2D eigenvalue weighted by molar-refractivity contribution is 6.62. The molecule has 7 nitrogen and oxygen atoms in total. The summed E-state index contributed by atoms with van der Waals surface area (Å²) in [7, 11) is -0.896. The molecule has 0 radical (unpaired) electrons. The summed E-state index contributed by atoms with van der Waals surface area (Å²) in [5, 5.41) is 2.43. The van der Waals surface area contributed by atoms with Gasteiger partial charge in [-0.2, -0.15) is 0 Å². The van der Waals surface area contributed by atoms with E-state index >= 15 is 0 Å². The lowest BCUT2D eigenvalue weighted by Crippen LogP contribution is -2.41. The number of para-hydroxylation sites is 3. The average Bonchev–Trinajstić information content (AvgIpc) is 3.89. The van der Waals surface area contributed by atoms with Gasteiger partial charge in [0.15, 0.2) is 0 Å². The van der Waals surface area contributed by atoms with Gasteiger partial charge in [0.1, 0.15) is 0 Å². The van der Waals surface area contributed by atoms with Crippen LogP contribution in [0.15, 0.2) is 200 Å². The van der Waals surface area contributed by atoms with Crippen molar-refractivity contribution in [3.63, 3.8) is 0 Å². The van der Waals surface area contributed by atoms with Crippen LogP contribution >= 0.6 is 0 Å². The zero-order chi connectivity index (χ0) is 47.7. The van der Waals surface area contributed by atoms with Crippen LogP contribution in [0.1, 0.15) is 55.4 Å². The summed E-state index contributed by atoms with van der Waals surface area (Å²) in [5.41, 5.74) is 12.3. The van der Waals surface area contributed by atoms with Crippen molar-refractivity contribution in [1.82, 2.24) is 4.57 Å². The lowest BCUT2D eigenvalue weighted by Gasteiger charge is -2.32. The third-order valence-electron chi connectivity index (χ3n) is 14.9. The lowest BCUT2D eigenvalue weighted by molar-refractivity contribution is 0.00578. The molecule has 1 aromatic heterocycles. The first-order chi connectivity index (χ1) is 33.2. The molecule has 2 saturated heterocycles. The molecular formula is C60H57B2N3O4. The fourth-order valence-corrected chi connectivity index (χ4v) is 9.55. The smallest absolute Gasteiger partial charge is 0.399 e. The van der Waals surface area contributed by atoms with Crippen LogP contribution in [0, 0.1) is 0 Å². The number of nitrogens with zero attached hydrogens (tertiary/aromatic N) is 3. The molecule has 0 N–H and O–H groups in total. The Kier molecular flexibility index (Phi) is 11.0. The normalized spacial score (nSPS) is 16.9. The number of hydrogen-bond donors (Lipinski definition) is 0. The minimum Gasteiger partial charge on any atom is -0.399 e. The van der Waals surface area contributed by atoms with Crippen molar-refractivity contribution >= 4 is 81.1 Å². The average molecular weight is 906 g/mol. The van der Waals surface area contributed by atoms with Crippen molar-refractivity contribution in [3.8, 4) is 16.8 Å². The van der Waals surface area contributed by atoms with Gasteiger partial charge in [0.05, 0.1) is 33.4 Å². The van der Waals surface area contributed by atoms with E-state index in [0.717, 1.165) is 67.4 Å². The molecule has 0 atom stereocenters. The summed E-state index contributed by atoms with van der Waals surface area (Å²) in [5.74, 6) is 0. The second-order valence-electron chi connectivity index (χ2n) is 20.3. The van der Waals surface area contributed by atoms with Gasteiger partial charge in [-0.05, 0) is 175 Å².